The number of carbonyl (C=O) groups is 2. The number of carboxylic acids is 1. The molecule has 0 heterocycles. The number of carboxylic acid groups (broad SMARTS) is 1. The zero-order chi connectivity index (χ0) is 11.3. The van der Waals surface area contributed by atoms with Crippen LogP contribution in [0.1, 0.15) is 39.0 Å². The number of rotatable bonds is 4. The molecule has 0 saturated heterocycles. The standard InChI is InChI=1S/C11H19NO3/c1-2-10(13)12-7-8-3-5-9(6-4-8)11(14)15/h8-9H,2-7H2,1H3,(H,12,13)(H,14,15). The van der Waals surface area contributed by atoms with Gasteiger partial charge >= 0.3 is 5.97 Å². The highest BCUT2D eigenvalue weighted by Crippen LogP contribution is 2.28. The molecular weight excluding hydrogens is 194 g/mol. The highest BCUT2D eigenvalue weighted by Gasteiger charge is 2.25. The molecule has 0 aromatic rings. The van der Waals surface area contributed by atoms with Gasteiger partial charge in [0, 0.05) is 13.0 Å². The topological polar surface area (TPSA) is 66.4 Å². The van der Waals surface area contributed by atoms with E-state index in [-0.39, 0.29) is 11.8 Å². The lowest BCUT2D eigenvalue weighted by Crippen LogP contribution is -2.31. The average Bonchev–Trinajstić information content (AvgIpc) is 2.26. The summed E-state index contributed by atoms with van der Waals surface area (Å²) in [6, 6.07) is 0. The SMILES string of the molecule is CCC(=O)NCC1CCC(C(=O)O)CC1. The van der Waals surface area contributed by atoms with Gasteiger partial charge in [-0.2, -0.15) is 0 Å². The Morgan fingerprint density at radius 3 is 2.33 bits per heavy atom. The van der Waals surface area contributed by atoms with Crippen molar-refractivity contribution >= 4 is 11.9 Å². The van der Waals surface area contributed by atoms with Crippen LogP contribution in [0.2, 0.25) is 0 Å². The molecular formula is C11H19NO3. The fourth-order valence-electron chi connectivity index (χ4n) is 2.00. The van der Waals surface area contributed by atoms with Gasteiger partial charge in [-0.3, -0.25) is 9.59 Å². The lowest BCUT2D eigenvalue weighted by Gasteiger charge is -2.26. The fraction of sp³-hybridized carbons (Fsp3) is 0.818. The third-order valence-corrected chi connectivity index (χ3v) is 3.11. The number of aliphatic carboxylic acids is 1. The van der Waals surface area contributed by atoms with Gasteiger partial charge in [-0.15, -0.1) is 0 Å². The fourth-order valence-corrected chi connectivity index (χ4v) is 2.00. The predicted molar refractivity (Wildman–Crippen MR) is 56.4 cm³/mol. The summed E-state index contributed by atoms with van der Waals surface area (Å²) in [5.41, 5.74) is 0. The van der Waals surface area contributed by atoms with Crippen molar-refractivity contribution in [1.82, 2.24) is 5.32 Å². The first-order valence-electron chi connectivity index (χ1n) is 5.63. The summed E-state index contributed by atoms with van der Waals surface area (Å²) in [5.74, 6) is -0.291. The number of hydrogen-bond acceptors (Lipinski definition) is 2. The molecule has 15 heavy (non-hydrogen) atoms. The van der Waals surface area contributed by atoms with Gasteiger partial charge in [0.2, 0.25) is 5.91 Å². The van der Waals surface area contributed by atoms with Crippen LogP contribution in [-0.2, 0) is 9.59 Å². The quantitative estimate of drug-likeness (QED) is 0.742. The third kappa shape index (κ3) is 3.90. The van der Waals surface area contributed by atoms with Crippen molar-refractivity contribution in [2.45, 2.75) is 39.0 Å². The van der Waals surface area contributed by atoms with Gasteiger partial charge in [0.15, 0.2) is 0 Å². The summed E-state index contributed by atoms with van der Waals surface area (Å²) in [6.45, 7) is 2.54. The minimum atomic E-state index is -0.675. The maximum atomic E-state index is 11.0. The van der Waals surface area contributed by atoms with Crippen LogP contribution in [0, 0.1) is 11.8 Å². The zero-order valence-corrected chi connectivity index (χ0v) is 9.16. The Bertz CT molecular complexity index is 232. The van der Waals surface area contributed by atoms with Crippen molar-refractivity contribution in [3.63, 3.8) is 0 Å². The number of nitrogens with one attached hydrogen (secondary N) is 1. The third-order valence-electron chi connectivity index (χ3n) is 3.11. The van der Waals surface area contributed by atoms with E-state index in [9.17, 15) is 9.59 Å². The van der Waals surface area contributed by atoms with E-state index >= 15 is 0 Å². The van der Waals surface area contributed by atoms with E-state index in [1.54, 1.807) is 0 Å². The van der Waals surface area contributed by atoms with E-state index in [0.717, 1.165) is 25.7 Å². The maximum Gasteiger partial charge on any atom is 0.306 e. The molecule has 0 unspecified atom stereocenters. The molecule has 0 aromatic carbocycles. The molecule has 1 aliphatic carbocycles. The van der Waals surface area contributed by atoms with Crippen molar-refractivity contribution in [2.75, 3.05) is 6.54 Å². The summed E-state index contributed by atoms with van der Waals surface area (Å²) >= 11 is 0. The van der Waals surface area contributed by atoms with Crippen LogP contribution in [0.5, 0.6) is 0 Å². The van der Waals surface area contributed by atoms with Crippen LogP contribution in [0.25, 0.3) is 0 Å². The van der Waals surface area contributed by atoms with Crippen molar-refractivity contribution in [3.8, 4) is 0 Å². The molecule has 2 N–H and O–H groups in total. The highest BCUT2D eigenvalue weighted by atomic mass is 16.4. The molecule has 1 rings (SSSR count). The van der Waals surface area contributed by atoms with E-state index < -0.39 is 5.97 Å². The summed E-state index contributed by atoms with van der Waals surface area (Å²) in [6.07, 6.45) is 3.86. The molecule has 1 amide bonds. The smallest absolute Gasteiger partial charge is 0.306 e. The molecule has 4 heteroatoms. The molecule has 1 saturated carbocycles. The molecule has 0 radical (unpaired) electrons. The van der Waals surface area contributed by atoms with Gasteiger partial charge in [0.25, 0.3) is 0 Å². The van der Waals surface area contributed by atoms with Gasteiger partial charge in [-0.1, -0.05) is 6.92 Å². The van der Waals surface area contributed by atoms with Crippen molar-refractivity contribution in [2.24, 2.45) is 11.8 Å². The van der Waals surface area contributed by atoms with Gasteiger partial charge in [-0.25, -0.2) is 0 Å². The van der Waals surface area contributed by atoms with Crippen molar-refractivity contribution < 1.29 is 14.7 Å². The first kappa shape index (κ1) is 12.0. The van der Waals surface area contributed by atoms with Gasteiger partial charge < -0.3 is 10.4 Å². The first-order valence-corrected chi connectivity index (χ1v) is 5.63. The highest BCUT2D eigenvalue weighted by molar-refractivity contribution is 5.75. The molecule has 1 aliphatic rings. The molecule has 86 valence electrons. The molecule has 0 aromatic heterocycles. The molecule has 0 atom stereocenters. The van der Waals surface area contributed by atoms with Gasteiger partial charge in [0.05, 0.1) is 5.92 Å². The molecule has 1 fully saturated rings. The van der Waals surface area contributed by atoms with Crippen molar-refractivity contribution in [1.29, 1.82) is 0 Å². The average molecular weight is 213 g/mol. The lowest BCUT2D eigenvalue weighted by molar-refractivity contribution is -0.143. The van der Waals surface area contributed by atoms with Crippen LogP contribution in [0.3, 0.4) is 0 Å². The summed E-state index contributed by atoms with van der Waals surface area (Å²) in [4.78, 5) is 21.7. The minimum absolute atomic E-state index is 0.0790. The molecule has 0 aliphatic heterocycles. The van der Waals surface area contributed by atoms with E-state index in [2.05, 4.69) is 5.32 Å². The second-order valence-electron chi connectivity index (χ2n) is 4.21. The lowest BCUT2D eigenvalue weighted by atomic mass is 9.82. The van der Waals surface area contributed by atoms with Crippen molar-refractivity contribution in [3.05, 3.63) is 0 Å². The Morgan fingerprint density at radius 2 is 1.87 bits per heavy atom. The summed E-state index contributed by atoms with van der Waals surface area (Å²) in [5, 5.41) is 11.7. The number of carbonyl (C=O) groups excluding carboxylic acids is 1. The predicted octanol–water partition coefficient (Wildman–Crippen LogP) is 1.40. The Kier molecular flexibility index (Phi) is 4.59. The van der Waals surface area contributed by atoms with E-state index in [1.807, 2.05) is 6.92 Å². The molecule has 0 bridgehead atoms. The second kappa shape index (κ2) is 5.73. The Labute approximate surface area is 90.0 Å². The first-order chi connectivity index (χ1) is 7.13. The Hall–Kier alpha value is -1.06. The van der Waals surface area contributed by atoms with E-state index in [0.29, 0.717) is 18.9 Å². The maximum absolute atomic E-state index is 11.0. The number of amides is 1. The second-order valence-corrected chi connectivity index (χ2v) is 4.21. The minimum Gasteiger partial charge on any atom is -0.481 e. The monoisotopic (exact) mass is 213 g/mol. The largest absolute Gasteiger partial charge is 0.481 e. The zero-order valence-electron chi connectivity index (χ0n) is 9.16. The van der Waals surface area contributed by atoms with Gasteiger partial charge in [0.1, 0.15) is 0 Å². The summed E-state index contributed by atoms with van der Waals surface area (Å²) < 4.78 is 0. The van der Waals surface area contributed by atoms with Gasteiger partial charge in [-0.05, 0) is 31.6 Å². The van der Waals surface area contributed by atoms with E-state index in [1.165, 1.54) is 0 Å². The van der Waals surface area contributed by atoms with Crippen LogP contribution in [-0.4, -0.2) is 23.5 Å². The summed E-state index contributed by atoms with van der Waals surface area (Å²) in [7, 11) is 0. The van der Waals surface area contributed by atoms with Crippen LogP contribution >= 0.6 is 0 Å². The molecule has 0 spiro atoms. The van der Waals surface area contributed by atoms with Crippen LogP contribution < -0.4 is 5.32 Å². The van der Waals surface area contributed by atoms with Crippen LogP contribution in [0.4, 0.5) is 0 Å². The Morgan fingerprint density at radius 1 is 1.27 bits per heavy atom. The van der Waals surface area contributed by atoms with Crippen LogP contribution in [0.15, 0.2) is 0 Å². The molecule has 4 nitrogen and oxygen atoms in total. The normalized spacial score (nSPS) is 25.9. The number of hydrogen-bond donors (Lipinski definition) is 2. The Balaban J connectivity index is 2.20. The van der Waals surface area contributed by atoms with E-state index in [4.69, 9.17) is 5.11 Å².